The zero-order valence-corrected chi connectivity index (χ0v) is 8.84. The smallest absolute Gasteiger partial charge is 0.286 e. The number of aliphatic hydroxyl groups is 1. The molecule has 0 spiro atoms. The zero-order valence-electron chi connectivity index (χ0n) is 7.25. The average molecular weight is 254 g/mol. The van der Waals surface area contributed by atoms with E-state index in [1.807, 2.05) is 24.3 Å². The van der Waals surface area contributed by atoms with Gasteiger partial charge in [-0.05, 0) is 17.7 Å². The Bertz CT molecular complexity index is 409. The van der Waals surface area contributed by atoms with Crippen LogP contribution >= 0.6 is 15.9 Å². The maximum Gasteiger partial charge on any atom is 0.286 e. The highest BCUT2D eigenvalue weighted by Crippen LogP contribution is 2.22. The van der Waals surface area contributed by atoms with Crippen molar-refractivity contribution in [3.63, 3.8) is 0 Å². The zero-order chi connectivity index (χ0) is 10.1. The molecule has 0 aromatic heterocycles. The number of hydrogen-bond donors (Lipinski definition) is 2. The first kappa shape index (κ1) is 9.27. The van der Waals surface area contributed by atoms with Gasteiger partial charge in [-0.3, -0.25) is 4.79 Å². The molecular weight excluding hydrogens is 246 g/mol. The summed E-state index contributed by atoms with van der Waals surface area (Å²) in [7, 11) is 0. The molecule has 1 aliphatic heterocycles. The molecule has 0 atom stereocenters. The second kappa shape index (κ2) is 3.46. The van der Waals surface area contributed by atoms with Gasteiger partial charge in [0.25, 0.3) is 5.91 Å². The van der Waals surface area contributed by atoms with Gasteiger partial charge in [0.15, 0.2) is 5.76 Å². The number of halogens is 1. The Morgan fingerprint density at radius 3 is 2.43 bits per heavy atom. The number of rotatable bonds is 1. The first-order valence-electron chi connectivity index (χ1n) is 4.15. The van der Waals surface area contributed by atoms with E-state index in [-0.39, 0.29) is 5.76 Å². The van der Waals surface area contributed by atoms with Crippen LogP contribution in [0.3, 0.4) is 0 Å². The van der Waals surface area contributed by atoms with Crippen LogP contribution in [0.15, 0.2) is 34.5 Å². The van der Waals surface area contributed by atoms with Gasteiger partial charge in [0.1, 0.15) is 0 Å². The van der Waals surface area contributed by atoms with Crippen molar-refractivity contribution in [2.45, 2.75) is 0 Å². The number of hydrogen-bond acceptors (Lipinski definition) is 2. The lowest BCUT2D eigenvalue weighted by Gasteiger charge is -2.00. The molecule has 0 radical (unpaired) electrons. The minimum absolute atomic E-state index is 0.174. The SMILES string of the molecule is O=C1NCC(c2ccc(Br)cc2)=C1O. The van der Waals surface area contributed by atoms with E-state index in [0.29, 0.717) is 12.1 Å². The average Bonchev–Trinajstić information content (AvgIpc) is 2.50. The van der Waals surface area contributed by atoms with Gasteiger partial charge in [-0.1, -0.05) is 28.1 Å². The minimum Gasteiger partial charge on any atom is -0.503 e. The molecule has 1 amide bonds. The minimum atomic E-state index is -0.400. The first-order valence-corrected chi connectivity index (χ1v) is 4.94. The topological polar surface area (TPSA) is 49.3 Å². The third-order valence-corrected chi connectivity index (χ3v) is 2.65. The molecule has 2 N–H and O–H groups in total. The summed E-state index contributed by atoms with van der Waals surface area (Å²) in [6.07, 6.45) is 0. The summed E-state index contributed by atoms with van der Waals surface area (Å²) in [5, 5.41) is 12.0. The molecule has 14 heavy (non-hydrogen) atoms. The number of amides is 1. The van der Waals surface area contributed by atoms with E-state index in [1.165, 1.54) is 0 Å². The summed E-state index contributed by atoms with van der Waals surface area (Å²) in [5.41, 5.74) is 1.52. The van der Waals surface area contributed by atoms with Crippen molar-refractivity contribution in [1.82, 2.24) is 5.32 Å². The van der Waals surface area contributed by atoms with Crippen LogP contribution in [-0.4, -0.2) is 17.6 Å². The monoisotopic (exact) mass is 253 g/mol. The molecule has 72 valence electrons. The van der Waals surface area contributed by atoms with Crippen molar-refractivity contribution in [2.24, 2.45) is 0 Å². The lowest BCUT2D eigenvalue weighted by molar-refractivity contribution is -0.118. The van der Waals surface area contributed by atoms with Crippen LogP contribution in [0.5, 0.6) is 0 Å². The largest absolute Gasteiger partial charge is 0.503 e. The number of carbonyl (C=O) groups excluding carboxylic acids is 1. The second-order valence-corrected chi connectivity index (χ2v) is 3.93. The van der Waals surface area contributed by atoms with Crippen LogP contribution in [0, 0.1) is 0 Å². The molecule has 4 heteroatoms. The van der Waals surface area contributed by atoms with Crippen molar-refractivity contribution in [3.8, 4) is 0 Å². The van der Waals surface area contributed by atoms with E-state index in [1.54, 1.807) is 0 Å². The van der Waals surface area contributed by atoms with Crippen LogP contribution in [0.4, 0.5) is 0 Å². The summed E-state index contributed by atoms with van der Waals surface area (Å²) in [4.78, 5) is 11.0. The number of aliphatic hydroxyl groups excluding tert-OH is 1. The molecule has 0 saturated heterocycles. The van der Waals surface area contributed by atoms with Gasteiger partial charge in [-0.15, -0.1) is 0 Å². The Morgan fingerprint density at radius 1 is 1.29 bits per heavy atom. The van der Waals surface area contributed by atoms with Gasteiger partial charge < -0.3 is 10.4 Å². The molecule has 0 bridgehead atoms. The lowest BCUT2D eigenvalue weighted by atomic mass is 10.1. The normalized spacial score (nSPS) is 15.9. The fourth-order valence-electron chi connectivity index (χ4n) is 1.36. The third-order valence-electron chi connectivity index (χ3n) is 2.12. The predicted molar refractivity (Wildman–Crippen MR) is 56.7 cm³/mol. The summed E-state index contributed by atoms with van der Waals surface area (Å²) < 4.78 is 0.971. The summed E-state index contributed by atoms with van der Waals surface area (Å²) in [6.45, 7) is 0.395. The Hall–Kier alpha value is -1.29. The van der Waals surface area contributed by atoms with E-state index in [0.717, 1.165) is 10.0 Å². The van der Waals surface area contributed by atoms with Gasteiger partial charge in [-0.2, -0.15) is 0 Å². The Labute approximate surface area is 89.6 Å². The number of carbonyl (C=O) groups is 1. The van der Waals surface area contributed by atoms with Crippen molar-refractivity contribution in [3.05, 3.63) is 40.1 Å². The molecule has 1 aromatic rings. The van der Waals surface area contributed by atoms with Crippen molar-refractivity contribution >= 4 is 27.4 Å². The van der Waals surface area contributed by atoms with E-state index in [4.69, 9.17) is 0 Å². The van der Waals surface area contributed by atoms with E-state index < -0.39 is 5.91 Å². The molecule has 0 aliphatic carbocycles. The van der Waals surface area contributed by atoms with E-state index in [9.17, 15) is 9.90 Å². The fraction of sp³-hybridized carbons (Fsp3) is 0.100. The molecule has 2 rings (SSSR count). The standard InChI is InChI=1S/C10H8BrNO2/c11-7-3-1-6(2-4-7)8-5-12-10(14)9(8)13/h1-4,13H,5H2,(H,12,14). The number of nitrogens with one attached hydrogen (secondary N) is 1. The van der Waals surface area contributed by atoms with Crippen molar-refractivity contribution in [1.29, 1.82) is 0 Å². The molecule has 1 aliphatic rings. The molecule has 0 saturated carbocycles. The van der Waals surface area contributed by atoms with Crippen LogP contribution in [-0.2, 0) is 4.79 Å². The van der Waals surface area contributed by atoms with Crippen LogP contribution in [0.1, 0.15) is 5.56 Å². The quantitative estimate of drug-likeness (QED) is 0.803. The molecular formula is C10H8BrNO2. The van der Waals surface area contributed by atoms with Crippen molar-refractivity contribution in [2.75, 3.05) is 6.54 Å². The van der Waals surface area contributed by atoms with Crippen molar-refractivity contribution < 1.29 is 9.90 Å². The number of benzene rings is 1. The highest BCUT2D eigenvalue weighted by atomic mass is 79.9. The molecule has 0 unspecified atom stereocenters. The second-order valence-electron chi connectivity index (χ2n) is 3.02. The predicted octanol–water partition coefficient (Wildman–Crippen LogP) is 1.85. The van der Waals surface area contributed by atoms with Crippen LogP contribution in [0.2, 0.25) is 0 Å². The highest BCUT2D eigenvalue weighted by Gasteiger charge is 2.22. The van der Waals surface area contributed by atoms with Gasteiger partial charge in [-0.25, -0.2) is 0 Å². The van der Waals surface area contributed by atoms with Crippen LogP contribution < -0.4 is 5.32 Å². The van der Waals surface area contributed by atoms with Gasteiger partial charge in [0.05, 0.1) is 0 Å². The summed E-state index contributed by atoms with van der Waals surface area (Å²) >= 11 is 3.32. The Morgan fingerprint density at radius 2 is 1.93 bits per heavy atom. The highest BCUT2D eigenvalue weighted by molar-refractivity contribution is 9.10. The fourth-order valence-corrected chi connectivity index (χ4v) is 1.63. The van der Waals surface area contributed by atoms with E-state index in [2.05, 4.69) is 21.2 Å². The first-order chi connectivity index (χ1) is 6.68. The maximum atomic E-state index is 11.0. The summed E-state index contributed by atoms with van der Waals surface area (Å²) in [5.74, 6) is -0.574. The van der Waals surface area contributed by atoms with E-state index >= 15 is 0 Å². The van der Waals surface area contributed by atoms with Gasteiger partial charge in [0, 0.05) is 16.6 Å². The molecule has 3 nitrogen and oxygen atoms in total. The molecule has 1 aromatic carbocycles. The van der Waals surface area contributed by atoms with Crippen LogP contribution in [0.25, 0.3) is 5.57 Å². The van der Waals surface area contributed by atoms with Gasteiger partial charge >= 0.3 is 0 Å². The maximum absolute atomic E-state index is 11.0. The Kier molecular flexibility index (Phi) is 2.29. The van der Waals surface area contributed by atoms with Gasteiger partial charge in [0.2, 0.25) is 0 Å². The lowest BCUT2D eigenvalue weighted by Crippen LogP contribution is -2.17. The summed E-state index contributed by atoms with van der Waals surface area (Å²) in [6, 6.07) is 7.46. The molecule has 0 fully saturated rings. The Balaban J connectivity index is 2.41. The molecule has 1 heterocycles. The third kappa shape index (κ3) is 1.53.